The first-order valence-corrected chi connectivity index (χ1v) is 18.7. The number of carbonyl (C=O) groups is 3. The molecule has 0 heterocycles. The molecule has 0 saturated carbocycles. The lowest BCUT2D eigenvalue weighted by molar-refractivity contribution is -0.139. The van der Waals surface area contributed by atoms with Crippen LogP contribution in [0.25, 0.3) is 4.85 Å². The first kappa shape index (κ1) is 47.8. The Morgan fingerprint density at radius 2 is 1.14 bits per heavy atom. The van der Waals surface area contributed by atoms with Gasteiger partial charge in [0.2, 0.25) is 11.8 Å². The van der Waals surface area contributed by atoms with Gasteiger partial charge >= 0.3 is 12.5 Å². The van der Waals surface area contributed by atoms with Crippen LogP contribution >= 0.6 is 0 Å². The summed E-state index contributed by atoms with van der Waals surface area (Å²) in [7, 11) is 0. The van der Waals surface area contributed by atoms with Crippen LogP contribution in [0.2, 0.25) is 0 Å². The third kappa shape index (κ3) is 19.4. The monoisotopic (exact) mass is 708 g/mol. The zero-order valence-corrected chi connectivity index (χ0v) is 36.0. The molecule has 0 spiro atoms. The van der Waals surface area contributed by atoms with Crippen LogP contribution < -0.4 is 10.6 Å². The molecule has 0 unspecified atom stereocenters. The molecule has 0 aromatic carbocycles. The van der Waals surface area contributed by atoms with Crippen LogP contribution in [0.4, 0.5) is 0 Å². The Hall–Kier alpha value is -2.18. The van der Waals surface area contributed by atoms with Gasteiger partial charge in [0.15, 0.2) is 0 Å². The summed E-state index contributed by atoms with van der Waals surface area (Å²) in [6.45, 7) is 40.6. The van der Waals surface area contributed by atoms with Gasteiger partial charge in [-0.1, -0.05) is 74.1 Å². The van der Waals surface area contributed by atoms with Crippen LogP contribution in [0.1, 0.15) is 164 Å². The molecular formula is C41H79N4O5+. The highest BCUT2D eigenvalue weighted by Crippen LogP contribution is 2.35. The Morgan fingerprint density at radius 1 is 0.660 bits per heavy atom. The predicted molar refractivity (Wildman–Crippen MR) is 208 cm³/mol. The summed E-state index contributed by atoms with van der Waals surface area (Å²) in [5.41, 5.74) is -2.94. The minimum atomic E-state index is -0.570. The number of ether oxygens (including phenoxy) is 2. The number of nitrogens with zero attached hydrogens (tertiary/aromatic N) is 2. The number of amides is 3. The van der Waals surface area contributed by atoms with Crippen molar-refractivity contribution < 1.29 is 23.9 Å². The molecule has 3 amide bonds. The van der Waals surface area contributed by atoms with Crippen LogP contribution in [0.3, 0.4) is 0 Å². The van der Waals surface area contributed by atoms with E-state index >= 15 is 0 Å². The minimum Gasteiger partial charge on any atom is -0.375 e. The van der Waals surface area contributed by atoms with Gasteiger partial charge in [-0.15, -0.1) is 0 Å². The molecule has 9 nitrogen and oxygen atoms in total. The van der Waals surface area contributed by atoms with Gasteiger partial charge in [0.25, 0.3) is 6.07 Å². The van der Waals surface area contributed by atoms with Crippen molar-refractivity contribution in [1.29, 1.82) is 0 Å². The molecule has 50 heavy (non-hydrogen) atoms. The van der Waals surface area contributed by atoms with Crippen molar-refractivity contribution in [3.8, 4) is 6.07 Å². The number of hydrogen-bond acceptors (Lipinski definition) is 5. The Kier molecular flexibility index (Phi) is 17.3. The molecule has 0 aliphatic carbocycles. The molecule has 0 atom stereocenters. The van der Waals surface area contributed by atoms with Crippen molar-refractivity contribution >= 4 is 17.7 Å². The van der Waals surface area contributed by atoms with Crippen molar-refractivity contribution in [2.24, 2.45) is 21.7 Å². The van der Waals surface area contributed by atoms with E-state index in [1.54, 1.807) is 6.92 Å². The van der Waals surface area contributed by atoms with E-state index in [1.165, 1.54) is 0 Å². The van der Waals surface area contributed by atoms with Crippen molar-refractivity contribution in [1.82, 2.24) is 15.5 Å². The molecule has 0 aliphatic heterocycles. The molecule has 0 aromatic rings. The largest absolute Gasteiger partial charge is 0.375 e. The summed E-state index contributed by atoms with van der Waals surface area (Å²) in [4.78, 5) is 45.6. The highest BCUT2D eigenvalue weighted by Gasteiger charge is 2.38. The zero-order valence-electron chi connectivity index (χ0n) is 36.0. The van der Waals surface area contributed by atoms with E-state index < -0.39 is 33.1 Å². The normalized spacial score (nSPS) is 13.7. The fourth-order valence-electron chi connectivity index (χ4n) is 6.65. The number of hydrogen-bond donors (Lipinski definition) is 2. The van der Waals surface area contributed by atoms with E-state index in [2.05, 4.69) is 76.9 Å². The maximum Gasteiger partial charge on any atom is 0.340 e. The van der Waals surface area contributed by atoms with E-state index in [0.29, 0.717) is 45.6 Å². The van der Waals surface area contributed by atoms with E-state index in [1.807, 2.05) is 74.1 Å². The molecule has 9 heteroatoms. The Balaban J connectivity index is 5.38. The second kappa shape index (κ2) is 18.0. The van der Waals surface area contributed by atoms with E-state index in [-0.39, 0.29) is 35.1 Å². The lowest BCUT2D eigenvalue weighted by Crippen LogP contribution is -2.54. The standard InChI is InChI=1S/C41H78N4O5/c1-20-42-27-31(46)45(25-22-41(18,19)50-30-38(12,13)44-33(48)37(10,11)29-35(5,6)7)39(14,15)23-26-49-40(16,17)21-24-43-32(47)36(8,9)28-34(2,3)4/h21-30H2,1-19H3,(H-,43,44,47,48)/p+1. The Morgan fingerprint density at radius 3 is 1.62 bits per heavy atom. The molecule has 0 saturated heterocycles. The second-order valence-corrected chi connectivity index (χ2v) is 20.6. The maximum absolute atomic E-state index is 13.5. The van der Waals surface area contributed by atoms with Gasteiger partial charge in [-0.25, -0.2) is 0 Å². The first-order chi connectivity index (χ1) is 22.2. The average molecular weight is 708 g/mol. The molecule has 0 bridgehead atoms. The summed E-state index contributed by atoms with van der Waals surface area (Å²) in [6.07, 6.45) is 3.46. The molecule has 0 radical (unpaired) electrons. The van der Waals surface area contributed by atoms with Crippen LogP contribution in [-0.2, 0) is 23.9 Å². The van der Waals surface area contributed by atoms with Crippen LogP contribution in [0.15, 0.2) is 0 Å². The number of rotatable bonds is 20. The van der Waals surface area contributed by atoms with E-state index in [0.717, 1.165) is 12.8 Å². The van der Waals surface area contributed by atoms with Crippen molar-refractivity contribution in [3.05, 3.63) is 4.85 Å². The molecule has 0 aromatic heterocycles. The minimum absolute atomic E-state index is 0.0147. The van der Waals surface area contributed by atoms with Gasteiger partial charge in [0.05, 0.1) is 30.3 Å². The smallest absolute Gasteiger partial charge is 0.340 e. The molecule has 0 rings (SSSR count). The Labute approximate surface area is 308 Å². The molecular weight excluding hydrogens is 628 g/mol. The topological polar surface area (TPSA) is 101 Å². The quantitative estimate of drug-likeness (QED) is 0.132. The summed E-state index contributed by atoms with van der Waals surface area (Å²) in [6, 6.07) is 2.73. The van der Waals surface area contributed by atoms with Crippen molar-refractivity contribution in [2.75, 3.05) is 32.8 Å². The van der Waals surface area contributed by atoms with E-state index in [4.69, 9.17) is 9.47 Å². The summed E-state index contributed by atoms with van der Waals surface area (Å²) in [5, 5.41) is 6.32. The van der Waals surface area contributed by atoms with Gasteiger partial charge in [0.1, 0.15) is 0 Å². The predicted octanol–water partition coefficient (Wildman–Crippen LogP) is 8.64. The van der Waals surface area contributed by atoms with Crippen LogP contribution in [-0.4, -0.2) is 77.7 Å². The van der Waals surface area contributed by atoms with Gasteiger partial charge in [-0.2, -0.15) is 0 Å². The van der Waals surface area contributed by atoms with E-state index in [9.17, 15) is 14.4 Å². The Bertz CT molecular complexity index is 1170. The molecule has 0 aliphatic rings. The summed E-state index contributed by atoms with van der Waals surface area (Å²) >= 11 is 0. The third-order valence-electron chi connectivity index (χ3n) is 9.01. The lowest BCUT2D eigenvalue weighted by Gasteiger charge is -2.41. The zero-order chi connectivity index (χ0) is 39.6. The van der Waals surface area contributed by atoms with Crippen LogP contribution in [0.5, 0.6) is 0 Å². The summed E-state index contributed by atoms with van der Waals surface area (Å²) in [5.74, 6) is 0.000239. The summed E-state index contributed by atoms with van der Waals surface area (Å²) < 4.78 is 12.8. The number of nitrogens with one attached hydrogen (secondary N) is 2. The van der Waals surface area contributed by atoms with Crippen molar-refractivity contribution in [3.63, 3.8) is 0 Å². The highest BCUT2D eigenvalue weighted by molar-refractivity contribution is 5.83. The highest BCUT2D eigenvalue weighted by atomic mass is 16.5. The molecule has 2 N–H and O–H groups in total. The maximum atomic E-state index is 13.5. The average Bonchev–Trinajstić information content (AvgIpc) is 2.87. The van der Waals surface area contributed by atoms with Gasteiger partial charge in [0, 0.05) is 36.1 Å². The molecule has 292 valence electrons. The van der Waals surface area contributed by atoms with Gasteiger partial charge < -0.3 is 25.0 Å². The SMILES string of the molecule is CC#[N+]CC(=O)N(CCC(C)(C)OCC(C)(C)NC(=O)C(C)(C)CC(C)(C)C)C(C)(C)CCOC(C)(C)CCNC(=O)C(C)(C)CC(C)(C)C. The lowest BCUT2D eigenvalue weighted by atomic mass is 9.75. The van der Waals surface area contributed by atoms with Crippen LogP contribution in [0, 0.1) is 27.7 Å². The fourth-order valence-corrected chi connectivity index (χ4v) is 6.65. The first-order valence-electron chi connectivity index (χ1n) is 18.7. The van der Waals surface area contributed by atoms with Gasteiger partial charge in [-0.05, 0) is 98.3 Å². The van der Waals surface area contributed by atoms with Gasteiger partial charge in [-0.3, -0.25) is 14.4 Å². The fraction of sp³-hybridized carbons (Fsp3) is 0.902. The number of carbonyl (C=O) groups excluding carboxylic acids is 3. The van der Waals surface area contributed by atoms with Crippen molar-refractivity contribution in [2.45, 2.75) is 186 Å². The second-order valence-electron chi connectivity index (χ2n) is 20.6. The third-order valence-corrected chi connectivity index (χ3v) is 9.01. The molecule has 0 fully saturated rings.